The number of alkyl halides is 3. The molecule has 0 aliphatic heterocycles. The van der Waals surface area contributed by atoms with Gasteiger partial charge in [0.15, 0.2) is 5.78 Å². The van der Waals surface area contributed by atoms with Gasteiger partial charge in [0.25, 0.3) is 0 Å². The van der Waals surface area contributed by atoms with E-state index in [0.29, 0.717) is 11.3 Å². The molecule has 5 heteroatoms. The number of carbonyl (C=O) groups excluding carboxylic acids is 1. The van der Waals surface area contributed by atoms with E-state index < -0.39 is 23.8 Å². The van der Waals surface area contributed by atoms with Gasteiger partial charge in [-0.1, -0.05) is 0 Å². The van der Waals surface area contributed by atoms with E-state index in [2.05, 4.69) is 0 Å². The number of hydrogen-bond donors (Lipinski definition) is 0. The first kappa shape index (κ1) is 12.0. The van der Waals surface area contributed by atoms with Gasteiger partial charge in [0.1, 0.15) is 5.75 Å². The molecule has 0 bridgehead atoms. The molecule has 2 nitrogen and oxygen atoms in total. The van der Waals surface area contributed by atoms with Crippen LogP contribution in [-0.4, -0.2) is 19.1 Å². The van der Waals surface area contributed by atoms with E-state index in [4.69, 9.17) is 4.74 Å². The van der Waals surface area contributed by atoms with Crippen molar-refractivity contribution >= 4 is 5.78 Å². The molecule has 2 rings (SSSR count). The van der Waals surface area contributed by atoms with E-state index >= 15 is 0 Å². The Morgan fingerprint density at radius 2 is 1.88 bits per heavy atom. The van der Waals surface area contributed by atoms with Crippen molar-refractivity contribution in [3.63, 3.8) is 0 Å². The first-order valence-corrected chi connectivity index (χ1v) is 5.18. The smallest absolute Gasteiger partial charge is 0.392 e. The van der Waals surface area contributed by atoms with Gasteiger partial charge in [-0.25, -0.2) is 0 Å². The molecule has 0 heterocycles. The second-order valence-corrected chi connectivity index (χ2v) is 4.08. The molecule has 2 atom stereocenters. The maximum atomic E-state index is 12.3. The van der Waals surface area contributed by atoms with Crippen molar-refractivity contribution in [2.24, 2.45) is 11.8 Å². The Bertz CT molecular complexity index is 422. The number of halogens is 3. The number of hydrogen-bond acceptors (Lipinski definition) is 2. The zero-order chi connectivity index (χ0) is 12.6. The van der Waals surface area contributed by atoms with Crippen LogP contribution in [0.15, 0.2) is 24.3 Å². The summed E-state index contributed by atoms with van der Waals surface area (Å²) < 4.78 is 41.8. The highest BCUT2D eigenvalue weighted by Gasteiger charge is 2.58. The van der Waals surface area contributed by atoms with Crippen LogP contribution in [0.5, 0.6) is 5.75 Å². The Balaban J connectivity index is 2.06. The first-order chi connectivity index (χ1) is 7.93. The summed E-state index contributed by atoms with van der Waals surface area (Å²) in [5.74, 6) is -2.22. The molecule has 2 unspecified atom stereocenters. The number of benzene rings is 1. The summed E-state index contributed by atoms with van der Waals surface area (Å²) in [7, 11) is 1.48. The highest BCUT2D eigenvalue weighted by atomic mass is 19.4. The van der Waals surface area contributed by atoms with E-state index in [9.17, 15) is 18.0 Å². The molecule has 0 spiro atoms. The lowest BCUT2D eigenvalue weighted by atomic mass is 10.1. The minimum atomic E-state index is -4.26. The Kier molecular flexibility index (Phi) is 2.85. The van der Waals surface area contributed by atoms with Crippen molar-refractivity contribution in [1.82, 2.24) is 0 Å². The van der Waals surface area contributed by atoms with Crippen molar-refractivity contribution in [2.45, 2.75) is 12.6 Å². The molecule has 0 amide bonds. The van der Waals surface area contributed by atoms with E-state index in [-0.39, 0.29) is 6.42 Å². The number of Topliss-reactive ketones (excluding diaryl/α,β-unsaturated/α-hetero) is 1. The van der Waals surface area contributed by atoms with Crippen LogP contribution in [0.1, 0.15) is 16.8 Å². The fraction of sp³-hybridized carbons (Fsp3) is 0.417. The summed E-state index contributed by atoms with van der Waals surface area (Å²) in [5, 5.41) is 0. The van der Waals surface area contributed by atoms with Gasteiger partial charge in [0.2, 0.25) is 0 Å². The summed E-state index contributed by atoms with van der Waals surface area (Å²) in [6, 6.07) is 6.12. The lowest BCUT2D eigenvalue weighted by Crippen LogP contribution is -2.15. The third-order valence-electron chi connectivity index (χ3n) is 2.92. The molecule has 0 saturated heterocycles. The van der Waals surface area contributed by atoms with Gasteiger partial charge in [0.05, 0.1) is 13.0 Å². The van der Waals surface area contributed by atoms with Gasteiger partial charge in [-0.3, -0.25) is 4.79 Å². The van der Waals surface area contributed by atoms with Gasteiger partial charge < -0.3 is 4.74 Å². The maximum absolute atomic E-state index is 12.3. The van der Waals surface area contributed by atoms with Crippen molar-refractivity contribution in [3.05, 3.63) is 29.8 Å². The van der Waals surface area contributed by atoms with Crippen LogP contribution >= 0.6 is 0 Å². The quantitative estimate of drug-likeness (QED) is 0.764. The van der Waals surface area contributed by atoms with E-state index in [1.807, 2.05) is 0 Å². The second kappa shape index (κ2) is 4.05. The zero-order valence-corrected chi connectivity index (χ0v) is 9.12. The largest absolute Gasteiger partial charge is 0.497 e. The summed E-state index contributed by atoms with van der Waals surface area (Å²) in [5.41, 5.74) is 0.308. The minimum absolute atomic E-state index is 0.0889. The fourth-order valence-electron chi connectivity index (χ4n) is 1.82. The standard InChI is InChI=1S/C12H11F3O2/c1-17-8-4-2-7(3-5-8)11(16)9-6-10(9)12(13,14)15/h2-5,9-10H,6H2,1H3. The lowest BCUT2D eigenvalue weighted by Gasteiger charge is -2.05. The summed E-state index contributed by atoms with van der Waals surface area (Å²) in [6.07, 6.45) is -4.35. The van der Waals surface area contributed by atoms with Crippen molar-refractivity contribution < 1.29 is 22.7 Å². The van der Waals surface area contributed by atoms with Gasteiger partial charge >= 0.3 is 6.18 Å². The van der Waals surface area contributed by atoms with Crippen molar-refractivity contribution in [1.29, 1.82) is 0 Å². The predicted octanol–water partition coefficient (Wildman–Crippen LogP) is 3.08. The third-order valence-corrected chi connectivity index (χ3v) is 2.92. The summed E-state index contributed by atoms with van der Waals surface area (Å²) >= 11 is 0. The minimum Gasteiger partial charge on any atom is -0.497 e. The molecule has 1 aromatic rings. The lowest BCUT2D eigenvalue weighted by molar-refractivity contribution is -0.149. The topological polar surface area (TPSA) is 26.3 Å². The molecule has 0 N–H and O–H groups in total. The van der Waals surface area contributed by atoms with Crippen LogP contribution < -0.4 is 4.74 Å². The molecule has 1 fully saturated rings. The van der Waals surface area contributed by atoms with Gasteiger partial charge in [-0.15, -0.1) is 0 Å². The van der Waals surface area contributed by atoms with Crippen LogP contribution in [0.3, 0.4) is 0 Å². The average Bonchev–Trinajstić information content (AvgIpc) is 3.08. The molecule has 92 valence electrons. The predicted molar refractivity (Wildman–Crippen MR) is 55.0 cm³/mol. The van der Waals surface area contributed by atoms with Crippen LogP contribution in [0.4, 0.5) is 13.2 Å². The van der Waals surface area contributed by atoms with Crippen LogP contribution in [0.2, 0.25) is 0 Å². The monoisotopic (exact) mass is 244 g/mol. The first-order valence-electron chi connectivity index (χ1n) is 5.18. The second-order valence-electron chi connectivity index (χ2n) is 4.08. The molecule has 0 aromatic heterocycles. The van der Waals surface area contributed by atoms with E-state index in [1.165, 1.54) is 19.2 Å². The molecule has 17 heavy (non-hydrogen) atoms. The molecular weight excluding hydrogens is 233 g/mol. The number of methoxy groups -OCH3 is 1. The van der Waals surface area contributed by atoms with Crippen LogP contribution in [0.25, 0.3) is 0 Å². The number of ether oxygens (including phenoxy) is 1. The number of ketones is 1. The molecule has 1 aliphatic rings. The molecule has 1 aliphatic carbocycles. The molecular formula is C12H11F3O2. The number of carbonyl (C=O) groups is 1. The van der Waals surface area contributed by atoms with Gasteiger partial charge in [0, 0.05) is 11.5 Å². The number of rotatable bonds is 3. The van der Waals surface area contributed by atoms with Crippen LogP contribution in [0, 0.1) is 11.8 Å². The Morgan fingerprint density at radius 3 is 2.29 bits per heavy atom. The highest BCUT2D eigenvalue weighted by molar-refractivity contribution is 5.99. The van der Waals surface area contributed by atoms with E-state index in [1.54, 1.807) is 12.1 Å². The molecule has 0 radical (unpaired) electrons. The van der Waals surface area contributed by atoms with E-state index in [0.717, 1.165) is 0 Å². The Hall–Kier alpha value is -1.52. The summed E-state index contributed by atoms with van der Waals surface area (Å²) in [6.45, 7) is 0. The zero-order valence-electron chi connectivity index (χ0n) is 9.12. The maximum Gasteiger partial charge on any atom is 0.392 e. The fourth-order valence-corrected chi connectivity index (χ4v) is 1.82. The van der Waals surface area contributed by atoms with Crippen molar-refractivity contribution in [3.8, 4) is 5.75 Å². The normalized spacial score (nSPS) is 23.3. The summed E-state index contributed by atoms with van der Waals surface area (Å²) in [4.78, 5) is 11.7. The van der Waals surface area contributed by atoms with Gasteiger partial charge in [-0.2, -0.15) is 13.2 Å². The van der Waals surface area contributed by atoms with Crippen molar-refractivity contribution in [2.75, 3.05) is 7.11 Å². The Labute approximate surface area is 96.4 Å². The van der Waals surface area contributed by atoms with Crippen LogP contribution in [-0.2, 0) is 0 Å². The third kappa shape index (κ3) is 2.43. The van der Waals surface area contributed by atoms with Gasteiger partial charge in [-0.05, 0) is 30.7 Å². The molecule has 1 aromatic carbocycles. The average molecular weight is 244 g/mol. The Morgan fingerprint density at radius 1 is 1.29 bits per heavy atom. The SMILES string of the molecule is COc1ccc(C(=O)C2CC2C(F)(F)F)cc1. The highest BCUT2D eigenvalue weighted by Crippen LogP contribution is 2.51. The molecule has 1 saturated carbocycles.